The van der Waals surface area contributed by atoms with E-state index in [0.717, 1.165) is 42.2 Å². The van der Waals surface area contributed by atoms with Gasteiger partial charge in [0.1, 0.15) is 12.4 Å². The normalized spacial score (nSPS) is 16.7. The van der Waals surface area contributed by atoms with E-state index in [4.69, 9.17) is 4.74 Å². The van der Waals surface area contributed by atoms with Crippen LogP contribution in [0.2, 0.25) is 0 Å². The molecular formula is C19H25N3O2. The molecule has 0 radical (unpaired) electrons. The van der Waals surface area contributed by atoms with E-state index in [1.165, 1.54) is 0 Å². The van der Waals surface area contributed by atoms with Gasteiger partial charge in [-0.25, -0.2) is 0 Å². The lowest BCUT2D eigenvalue weighted by molar-refractivity contribution is -0.117. The van der Waals surface area contributed by atoms with Gasteiger partial charge < -0.3 is 20.3 Å². The van der Waals surface area contributed by atoms with Crippen LogP contribution < -0.4 is 10.6 Å². The highest BCUT2D eigenvalue weighted by Crippen LogP contribution is 2.26. The topological polar surface area (TPSA) is 53.6 Å². The number of carbonyl (C=O) groups is 1. The van der Waals surface area contributed by atoms with Crippen molar-refractivity contribution in [2.45, 2.75) is 32.7 Å². The molecule has 0 atom stereocenters. The van der Waals surface area contributed by atoms with Crippen molar-refractivity contribution in [1.29, 1.82) is 0 Å². The highest BCUT2D eigenvalue weighted by atomic mass is 16.5. The van der Waals surface area contributed by atoms with Crippen LogP contribution in [-0.2, 0) is 9.53 Å². The van der Waals surface area contributed by atoms with Crippen molar-refractivity contribution in [2.75, 3.05) is 30.3 Å². The second-order valence-corrected chi connectivity index (χ2v) is 6.45. The van der Waals surface area contributed by atoms with Crippen molar-refractivity contribution in [2.24, 2.45) is 0 Å². The van der Waals surface area contributed by atoms with Crippen LogP contribution in [0.5, 0.6) is 0 Å². The lowest BCUT2D eigenvalue weighted by Gasteiger charge is -2.33. The summed E-state index contributed by atoms with van der Waals surface area (Å²) >= 11 is 0. The SMILES string of the molecule is CC(C)Nc1cccc(NC(=O)CN2CCOC3=C2C=CCC3)c1. The Bertz CT molecular complexity index is 664. The number of allylic oxidation sites excluding steroid dienone is 3. The number of rotatable bonds is 5. The van der Waals surface area contributed by atoms with Gasteiger partial charge in [0.15, 0.2) is 0 Å². The van der Waals surface area contributed by atoms with Gasteiger partial charge in [-0.2, -0.15) is 0 Å². The molecule has 24 heavy (non-hydrogen) atoms. The monoisotopic (exact) mass is 327 g/mol. The van der Waals surface area contributed by atoms with Crippen LogP contribution in [0.15, 0.2) is 47.9 Å². The number of amides is 1. The molecule has 128 valence electrons. The average Bonchev–Trinajstić information content (AvgIpc) is 2.55. The summed E-state index contributed by atoms with van der Waals surface area (Å²) in [5.41, 5.74) is 2.87. The highest BCUT2D eigenvalue weighted by molar-refractivity contribution is 5.92. The van der Waals surface area contributed by atoms with E-state index in [9.17, 15) is 4.79 Å². The maximum atomic E-state index is 12.4. The van der Waals surface area contributed by atoms with Crippen molar-refractivity contribution in [3.8, 4) is 0 Å². The molecule has 5 nitrogen and oxygen atoms in total. The third-order valence-electron chi connectivity index (χ3n) is 4.01. The van der Waals surface area contributed by atoms with Crippen LogP contribution in [-0.4, -0.2) is 36.5 Å². The molecule has 1 amide bonds. The zero-order chi connectivity index (χ0) is 16.9. The molecular weight excluding hydrogens is 302 g/mol. The fourth-order valence-corrected chi connectivity index (χ4v) is 3.02. The zero-order valence-electron chi connectivity index (χ0n) is 14.3. The van der Waals surface area contributed by atoms with Crippen molar-refractivity contribution in [3.63, 3.8) is 0 Å². The molecule has 0 saturated carbocycles. The smallest absolute Gasteiger partial charge is 0.243 e. The van der Waals surface area contributed by atoms with Gasteiger partial charge in [-0.05, 0) is 44.5 Å². The summed E-state index contributed by atoms with van der Waals surface area (Å²) in [6.45, 7) is 5.91. The van der Waals surface area contributed by atoms with Gasteiger partial charge in [0.25, 0.3) is 0 Å². The Morgan fingerprint density at radius 2 is 2.17 bits per heavy atom. The molecule has 5 heteroatoms. The van der Waals surface area contributed by atoms with Crippen molar-refractivity contribution < 1.29 is 9.53 Å². The van der Waals surface area contributed by atoms with Crippen LogP contribution in [0.25, 0.3) is 0 Å². The van der Waals surface area contributed by atoms with E-state index < -0.39 is 0 Å². The molecule has 1 aliphatic heterocycles. The highest BCUT2D eigenvalue weighted by Gasteiger charge is 2.22. The number of ether oxygens (including phenoxy) is 1. The number of hydrogen-bond donors (Lipinski definition) is 2. The fraction of sp³-hybridized carbons (Fsp3) is 0.421. The molecule has 3 rings (SSSR count). The number of carbonyl (C=O) groups excluding carboxylic acids is 1. The summed E-state index contributed by atoms with van der Waals surface area (Å²) in [6.07, 6.45) is 6.14. The molecule has 1 heterocycles. The second kappa shape index (κ2) is 7.43. The summed E-state index contributed by atoms with van der Waals surface area (Å²) < 4.78 is 5.71. The molecule has 0 spiro atoms. The molecule has 0 saturated heterocycles. The number of nitrogens with one attached hydrogen (secondary N) is 2. The van der Waals surface area contributed by atoms with Crippen LogP contribution in [0.3, 0.4) is 0 Å². The maximum absolute atomic E-state index is 12.4. The lowest BCUT2D eigenvalue weighted by atomic mass is 10.1. The largest absolute Gasteiger partial charge is 0.494 e. The first-order chi connectivity index (χ1) is 11.6. The van der Waals surface area contributed by atoms with E-state index in [1.807, 2.05) is 24.3 Å². The Morgan fingerprint density at radius 1 is 1.33 bits per heavy atom. The Balaban J connectivity index is 1.62. The van der Waals surface area contributed by atoms with Gasteiger partial charge in [-0.1, -0.05) is 12.1 Å². The third kappa shape index (κ3) is 4.10. The van der Waals surface area contributed by atoms with Gasteiger partial charge >= 0.3 is 0 Å². The fourth-order valence-electron chi connectivity index (χ4n) is 3.02. The van der Waals surface area contributed by atoms with E-state index in [0.29, 0.717) is 19.2 Å². The van der Waals surface area contributed by atoms with E-state index in [-0.39, 0.29) is 5.91 Å². The van der Waals surface area contributed by atoms with E-state index in [1.54, 1.807) is 0 Å². The Morgan fingerprint density at radius 3 is 3.00 bits per heavy atom. The van der Waals surface area contributed by atoms with Gasteiger partial charge in [-0.15, -0.1) is 0 Å². The standard InChI is InChI=1S/C19H25N3O2/c1-14(2)20-15-6-5-7-16(12-15)21-19(23)13-22-10-11-24-18-9-4-3-8-17(18)22/h3,5-8,12,14,20H,4,9-11,13H2,1-2H3,(H,21,23). The van der Waals surface area contributed by atoms with E-state index >= 15 is 0 Å². The summed E-state index contributed by atoms with van der Waals surface area (Å²) in [5.74, 6) is 1.00. The molecule has 2 N–H and O–H groups in total. The summed E-state index contributed by atoms with van der Waals surface area (Å²) in [6, 6.07) is 8.17. The molecule has 0 bridgehead atoms. The zero-order valence-corrected chi connectivity index (χ0v) is 14.3. The Hall–Kier alpha value is -2.43. The molecule has 1 aromatic carbocycles. The molecule has 1 aliphatic carbocycles. The first-order valence-electron chi connectivity index (χ1n) is 8.56. The van der Waals surface area contributed by atoms with Crippen LogP contribution in [0.1, 0.15) is 26.7 Å². The van der Waals surface area contributed by atoms with Gasteiger partial charge in [0.2, 0.25) is 5.91 Å². The van der Waals surface area contributed by atoms with Crippen LogP contribution >= 0.6 is 0 Å². The number of anilines is 2. The Kier molecular flexibility index (Phi) is 5.08. The van der Waals surface area contributed by atoms with Crippen LogP contribution in [0.4, 0.5) is 11.4 Å². The van der Waals surface area contributed by atoms with E-state index in [2.05, 4.69) is 41.5 Å². The predicted molar refractivity (Wildman–Crippen MR) is 96.8 cm³/mol. The third-order valence-corrected chi connectivity index (χ3v) is 4.01. The minimum atomic E-state index is -0.00980. The van der Waals surface area contributed by atoms with Crippen molar-refractivity contribution in [3.05, 3.63) is 47.9 Å². The summed E-state index contributed by atoms with van der Waals surface area (Å²) in [5, 5.41) is 6.33. The number of nitrogens with zero attached hydrogens (tertiary/aromatic N) is 1. The lowest BCUT2D eigenvalue weighted by Crippen LogP contribution is -2.38. The summed E-state index contributed by atoms with van der Waals surface area (Å²) in [7, 11) is 0. The summed E-state index contributed by atoms with van der Waals surface area (Å²) in [4.78, 5) is 14.5. The van der Waals surface area contributed by atoms with Gasteiger partial charge in [-0.3, -0.25) is 4.79 Å². The maximum Gasteiger partial charge on any atom is 0.243 e. The van der Waals surface area contributed by atoms with Gasteiger partial charge in [0, 0.05) is 23.8 Å². The Labute approximate surface area is 143 Å². The minimum absolute atomic E-state index is 0.00980. The predicted octanol–water partition coefficient (Wildman–Crippen LogP) is 3.34. The van der Waals surface area contributed by atoms with Gasteiger partial charge in [0.05, 0.1) is 18.8 Å². The second-order valence-electron chi connectivity index (χ2n) is 6.45. The first kappa shape index (κ1) is 16.4. The average molecular weight is 327 g/mol. The molecule has 0 fully saturated rings. The first-order valence-corrected chi connectivity index (χ1v) is 8.56. The van der Waals surface area contributed by atoms with Crippen molar-refractivity contribution in [1.82, 2.24) is 4.90 Å². The minimum Gasteiger partial charge on any atom is -0.494 e. The number of benzene rings is 1. The molecule has 2 aliphatic rings. The van der Waals surface area contributed by atoms with Crippen LogP contribution in [0, 0.1) is 0 Å². The number of hydrogen-bond acceptors (Lipinski definition) is 4. The van der Waals surface area contributed by atoms with Crippen molar-refractivity contribution >= 4 is 17.3 Å². The molecule has 0 aromatic heterocycles. The molecule has 1 aromatic rings. The molecule has 0 unspecified atom stereocenters. The quantitative estimate of drug-likeness (QED) is 0.871.